The maximum absolute atomic E-state index is 5.43. The summed E-state index contributed by atoms with van der Waals surface area (Å²) in [6, 6.07) is 15.3. The summed E-state index contributed by atoms with van der Waals surface area (Å²) in [5.41, 5.74) is 4.96. The van der Waals surface area contributed by atoms with E-state index in [-0.39, 0.29) is 6.04 Å². The third-order valence-corrected chi connectivity index (χ3v) is 3.75. The number of anilines is 1. The molecule has 2 aromatic carbocycles. The number of hydrogen-bond donors (Lipinski definition) is 1. The molecule has 2 aromatic rings. The number of benzene rings is 2. The van der Waals surface area contributed by atoms with Crippen molar-refractivity contribution in [1.82, 2.24) is 0 Å². The van der Waals surface area contributed by atoms with Gasteiger partial charge < -0.3 is 10.1 Å². The maximum Gasteiger partial charge on any atom is 0.141 e. The molecule has 0 heterocycles. The van der Waals surface area contributed by atoms with E-state index >= 15 is 0 Å². The van der Waals surface area contributed by atoms with Crippen LogP contribution >= 0.6 is 0 Å². The van der Waals surface area contributed by atoms with Gasteiger partial charge in [0, 0.05) is 6.04 Å². The molecular weight excluding hydrogens is 258 g/mol. The maximum atomic E-state index is 5.43. The summed E-state index contributed by atoms with van der Waals surface area (Å²) in [6.45, 7) is 6.48. The largest absolute Gasteiger partial charge is 0.495 e. The molecule has 0 amide bonds. The molecule has 0 radical (unpaired) electrons. The third-order valence-electron chi connectivity index (χ3n) is 3.75. The van der Waals surface area contributed by atoms with Crippen molar-refractivity contribution in [1.29, 1.82) is 0 Å². The van der Waals surface area contributed by atoms with Gasteiger partial charge in [-0.05, 0) is 49.1 Å². The highest BCUT2D eigenvalue weighted by atomic mass is 16.5. The Morgan fingerprint density at radius 1 is 1.10 bits per heavy atom. The number of aryl methyl sites for hydroxylation is 2. The lowest BCUT2D eigenvalue weighted by Gasteiger charge is -2.18. The highest BCUT2D eigenvalue weighted by Crippen LogP contribution is 2.29. The van der Waals surface area contributed by atoms with Crippen molar-refractivity contribution < 1.29 is 4.74 Å². The van der Waals surface area contributed by atoms with Crippen molar-refractivity contribution >= 4 is 5.69 Å². The number of rotatable bonds is 6. The molecule has 0 saturated carbocycles. The molecule has 2 heteroatoms. The second-order valence-corrected chi connectivity index (χ2v) is 5.56. The molecule has 112 valence electrons. The molecule has 0 aliphatic heterocycles. The highest BCUT2D eigenvalue weighted by molar-refractivity contribution is 5.59. The van der Waals surface area contributed by atoms with Crippen LogP contribution in [-0.2, 0) is 6.42 Å². The van der Waals surface area contributed by atoms with Crippen LogP contribution in [0.4, 0.5) is 5.69 Å². The number of hydrogen-bond acceptors (Lipinski definition) is 2. The summed E-state index contributed by atoms with van der Waals surface area (Å²) in [7, 11) is 1.71. The minimum Gasteiger partial charge on any atom is -0.495 e. The number of nitrogens with one attached hydrogen (secondary N) is 1. The molecular formula is C19H25NO. The molecule has 1 unspecified atom stereocenters. The zero-order valence-corrected chi connectivity index (χ0v) is 13.4. The van der Waals surface area contributed by atoms with Gasteiger partial charge in [0.05, 0.1) is 12.8 Å². The van der Waals surface area contributed by atoms with E-state index in [0.29, 0.717) is 0 Å². The molecule has 0 spiro atoms. The van der Waals surface area contributed by atoms with Crippen molar-refractivity contribution in [3.8, 4) is 5.75 Å². The molecule has 0 aliphatic carbocycles. The fraction of sp³-hybridized carbons (Fsp3) is 0.368. The zero-order chi connectivity index (χ0) is 15.2. The Bertz CT molecular complexity index is 575. The lowest BCUT2D eigenvalue weighted by molar-refractivity contribution is 0.416. The van der Waals surface area contributed by atoms with Crippen LogP contribution in [0, 0.1) is 6.92 Å². The van der Waals surface area contributed by atoms with Crippen LogP contribution in [-0.4, -0.2) is 7.11 Å². The van der Waals surface area contributed by atoms with Crippen molar-refractivity contribution in [3.05, 3.63) is 59.2 Å². The first-order valence-electron chi connectivity index (χ1n) is 7.64. The van der Waals surface area contributed by atoms with Crippen molar-refractivity contribution in [2.75, 3.05) is 12.4 Å². The van der Waals surface area contributed by atoms with Gasteiger partial charge >= 0.3 is 0 Å². The summed E-state index contributed by atoms with van der Waals surface area (Å²) >= 11 is 0. The molecule has 21 heavy (non-hydrogen) atoms. The van der Waals surface area contributed by atoms with Crippen LogP contribution in [0.2, 0.25) is 0 Å². The zero-order valence-electron chi connectivity index (χ0n) is 13.4. The van der Waals surface area contributed by atoms with Crippen LogP contribution < -0.4 is 10.1 Å². The minimum absolute atomic E-state index is 0.247. The van der Waals surface area contributed by atoms with Gasteiger partial charge in [0.25, 0.3) is 0 Å². The summed E-state index contributed by atoms with van der Waals surface area (Å²) in [5, 5.41) is 3.54. The van der Waals surface area contributed by atoms with E-state index in [0.717, 1.165) is 17.9 Å². The molecule has 0 bridgehead atoms. The first-order chi connectivity index (χ1) is 10.1. The molecule has 2 nitrogen and oxygen atoms in total. The van der Waals surface area contributed by atoms with E-state index in [1.807, 2.05) is 6.07 Å². The smallest absolute Gasteiger partial charge is 0.141 e. The Kier molecular flexibility index (Phi) is 5.26. The van der Waals surface area contributed by atoms with Gasteiger partial charge in [0.2, 0.25) is 0 Å². The second kappa shape index (κ2) is 7.16. The SMILES string of the molecule is CCCc1ccc(C(C)Nc2cc(C)ccc2OC)cc1. The summed E-state index contributed by atoms with van der Waals surface area (Å²) < 4.78 is 5.43. The Labute approximate surface area is 128 Å². The highest BCUT2D eigenvalue weighted by Gasteiger charge is 2.09. The minimum atomic E-state index is 0.247. The van der Waals surface area contributed by atoms with Gasteiger partial charge in [-0.3, -0.25) is 0 Å². The summed E-state index contributed by atoms with van der Waals surface area (Å²) in [4.78, 5) is 0. The fourth-order valence-electron chi connectivity index (χ4n) is 2.51. The third kappa shape index (κ3) is 4.01. The van der Waals surface area contributed by atoms with Gasteiger partial charge in [-0.25, -0.2) is 0 Å². The number of ether oxygens (including phenoxy) is 1. The Hall–Kier alpha value is -1.96. The van der Waals surface area contributed by atoms with E-state index in [9.17, 15) is 0 Å². The first-order valence-corrected chi connectivity index (χ1v) is 7.64. The second-order valence-electron chi connectivity index (χ2n) is 5.56. The molecule has 0 aliphatic rings. The van der Waals surface area contributed by atoms with Gasteiger partial charge in [0.15, 0.2) is 0 Å². The Balaban J connectivity index is 2.13. The van der Waals surface area contributed by atoms with E-state index in [1.54, 1.807) is 7.11 Å². The topological polar surface area (TPSA) is 21.3 Å². The lowest BCUT2D eigenvalue weighted by atomic mass is 10.0. The van der Waals surface area contributed by atoms with Crippen LogP contribution in [0.15, 0.2) is 42.5 Å². The molecule has 1 atom stereocenters. The van der Waals surface area contributed by atoms with Gasteiger partial charge in [-0.15, -0.1) is 0 Å². The predicted octanol–water partition coefficient (Wildman–Crippen LogP) is 5.13. The van der Waals surface area contributed by atoms with Crippen LogP contribution in [0.25, 0.3) is 0 Å². The average Bonchev–Trinajstić information content (AvgIpc) is 2.48. The van der Waals surface area contributed by atoms with Crippen LogP contribution in [0.3, 0.4) is 0 Å². The van der Waals surface area contributed by atoms with E-state index in [2.05, 4.69) is 62.5 Å². The lowest BCUT2D eigenvalue weighted by Crippen LogP contribution is -2.08. The summed E-state index contributed by atoms with van der Waals surface area (Å²) in [6.07, 6.45) is 2.33. The van der Waals surface area contributed by atoms with Crippen LogP contribution in [0.1, 0.15) is 43.0 Å². The molecule has 1 N–H and O–H groups in total. The van der Waals surface area contributed by atoms with E-state index < -0.39 is 0 Å². The predicted molar refractivity (Wildman–Crippen MR) is 90.2 cm³/mol. The van der Waals surface area contributed by atoms with Crippen LogP contribution in [0.5, 0.6) is 5.75 Å². The monoisotopic (exact) mass is 283 g/mol. The molecule has 0 aromatic heterocycles. The number of methoxy groups -OCH3 is 1. The Morgan fingerprint density at radius 2 is 1.81 bits per heavy atom. The molecule has 0 saturated heterocycles. The molecule has 2 rings (SSSR count). The van der Waals surface area contributed by atoms with Crippen molar-refractivity contribution in [3.63, 3.8) is 0 Å². The first kappa shape index (κ1) is 15.4. The molecule has 0 fully saturated rings. The van der Waals surface area contributed by atoms with Gasteiger partial charge in [-0.1, -0.05) is 43.7 Å². The quantitative estimate of drug-likeness (QED) is 0.793. The van der Waals surface area contributed by atoms with E-state index in [1.165, 1.54) is 23.1 Å². The fourth-order valence-corrected chi connectivity index (χ4v) is 2.51. The Morgan fingerprint density at radius 3 is 2.43 bits per heavy atom. The van der Waals surface area contributed by atoms with Gasteiger partial charge in [-0.2, -0.15) is 0 Å². The summed E-state index contributed by atoms with van der Waals surface area (Å²) in [5.74, 6) is 0.884. The standard InChI is InChI=1S/C19H25NO/c1-5-6-16-8-10-17(11-9-16)15(3)20-18-13-14(2)7-12-19(18)21-4/h7-13,15,20H,5-6H2,1-4H3. The van der Waals surface area contributed by atoms with Gasteiger partial charge in [0.1, 0.15) is 5.75 Å². The van der Waals surface area contributed by atoms with Crippen molar-refractivity contribution in [2.45, 2.75) is 39.7 Å². The van der Waals surface area contributed by atoms with Crippen molar-refractivity contribution in [2.24, 2.45) is 0 Å². The normalized spacial score (nSPS) is 12.0. The van der Waals surface area contributed by atoms with E-state index in [4.69, 9.17) is 4.74 Å². The average molecular weight is 283 g/mol.